The zero-order valence-electron chi connectivity index (χ0n) is 19.4. The number of methoxy groups -OCH3 is 1. The first kappa shape index (κ1) is 25.4. The molecule has 0 saturated carbocycles. The minimum Gasteiger partial charge on any atom is -0.385 e. The quantitative estimate of drug-likeness (QED) is 0.297. The van der Waals surface area contributed by atoms with Gasteiger partial charge >= 0.3 is 0 Å². The zero-order valence-corrected chi connectivity index (χ0v) is 21.0. The molecule has 10 heteroatoms. The molecule has 0 atom stereocenters. The maximum absolute atomic E-state index is 13.2. The van der Waals surface area contributed by atoms with E-state index in [1.807, 2.05) is 0 Å². The minimum absolute atomic E-state index is 0.116. The summed E-state index contributed by atoms with van der Waals surface area (Å²) in [7, 11) is 1.63. The molecule has 178 valence electrons. The van der Waals surface area contributed by atoms with Crippen LogP contribution >= 0.6 is 24.0 Å². The molecule has 0 radical (unpaired) electrons. The highest BCUT2D eigenvalue weighted by atomic mass is 32.2. The molecule has 2 saturated heterocycles. The largest absolute Gasteiger partial charge is 0.385 e. The van der Waals surface area contributed by atoms with Gasteiger partial charge in [0.15, 0.2) is 0 Å². The average Bonchev–Trinajstić information content (AvgIpc) is 3.08. The van der Waals surface area contributed by atoms with Crippen LogP contribution in [0.1, 0.15) is 42.9 Å². The van der Waals surface area contributed by atoms with Crippen molar-refractivity contribution in [2.45, 2.75) is 39.7 Å². The van der Waals surface area contributed by atoms with Crippen LogP contribution in [0.5, 0.6) is 0 Å². The van der Waals surface area contributed by atoms with Crippen LogP contribution in [0.4, 0.5) is 5.82 Å². The lowest BCUT2D eigenvalue weighted by Gasteiger charge is -2.33. The molecule has 0 unspecified atom stereocenters. The molecule has 0 aliphatic carbocycles. The van der Waals surface area contributed by atoms with E-state index in [9.17, 15) is 14.9 Å². The molecule has 1 amide bonds. The lowest BCUT2D eigenvalue weighted by atomic mass is 10.0. The zero-order chi connectivity index (χ0) is 24.0. The molecule has 8 nitrogen and oxygen atoms in total. The first-order chi connectivity index (χ1) is 15.9. The second-order valence-electron chi connectivity index (χ2n) is 7.94. The van der Waals surface area contributed by atoms with E-state index in [1.54, 1.807) is 29.6 Å². The molecular formula is C23H30N4O4S2. The number of thiocarbonyl (C=S) groups is 1. The normalized spacial score (nSPS) is 17.8. The van der Waals surface area contributed by atoms with Crippen LogP contribution in [-0.4, -0.2) is 66.3 Å². The predicted octanol–water partition coefficient (Wildman–Crippen LogP) is 2.90. The Morgan fingerprint density at radius 1 is 1.24 bits per heavy atom. The minimum atomic E-state index is -0.283. The van der Waals surface area contributed by atoms with Gasteiger partial charge in [-0.25, -0.2) is 0 Å². The Morgan fingerprint density at radius 2 is 1.97 bits per heavy atom. The van der Waals surface area contributed by atoms with Gasteiger partial charge < -0.3 is 14.4 Å². The smallest absolute Gasteiger partial charge is 0.270 e. The number of pyridine rings is 1. The van der Waals surface area contributed by atoms with Crippen molar-refractivity contribution in [1.29, 1.82) is 5.26 Å². The summed E-state index contributed by atoms with van der Waals surface area (Å²) < 4.78 is 12.8. The van der Waals surface area contributed by atoms with Gasteiger partial charge in [-0.15, -0.1) is 0 Å². The van der Waals surface area contributed by atoms with Crippen LogP contribution in [-0.2, 0) is 20.8 Å². The van der Waals surface area contributed by atoms with Crippen molar-refractivity contribution in [3.8, 4) is 6.07 Å². The third kappa shape index (κ3) is 5.49. The van der Waals surface area contributed by atoms with Crippen LogP contribution in [0.3, 0.4) is 0 Å². The van der Waals surface area contributed by atoms with Gasteiger partial charge in [0.1, 0.15) is 21.8 Å². The number of morpholine rings is 1. The van der Waals surface area contributed by atoms with E-state index in [0.717, 1.165) is 24.2 Å². The van der Waals surface area contributed by atoms with Gasteiger partial charge in [-0.3, -0.25) is 19.1 Å². The van der Waals surface area contributed by atoms with E-state index in [1.165, 1.54) is 11.8 Å². The molecule has 1 aromatic rings. The number of amides is 1. The van der Waals surface area contributed by atoms with E-state index in [2.05, 4.69) is 17.9 Å². The molecule has 0 bridgehead atoms. The molecule has 2 aliphatic rings. The number of aromatic nitrogens is 1. The number of nitriles is 1. The summed E-state index contributed by atoms with van der Waals surface area (Å²) in [5.74, 6) is 0.594. The molecule has 0 spiro atoms. The highest BCUT2D eigenvalue weighted by molar-refractivity contribution is 8.26. The standard InChI is InChI=1S/C23H30N4O4S2/c1-4-5-7-26-20(25-9-12-31-13-10-25)17(16(2)18(15-24)21(26)28)14-19-22(29)27(23(32)33-19)8-6-11-30-3/h14H,4-13H2,1-3H3/b19-14+. The number of hydrogen-bond acceptors (Lipinski definition) is 8. The number of ether oxygens (including phenoxy) is 2. The summed E-state index contributed by atoms with van der Waals surface area (Å²) in [5.41, 5.74) is 1.14. The fourth-order valence-electron chi connectivity index (χ4n) is 3.97. The van der Waals surface area contributed by atoms with Crippen molar-refractivity contribution >= 4 is 46.1 Å². The number of nitrogens with zero attached hydrogens (tertiary/aromatic N) is 4. The van der Waals surface area contributed by atoms with E-state index in [0.29, 0.717) is 67.2 Å². The monoisotopic (exact) mass is 490 g/mol. The molecule has 3 rings (SSSR count). The van der Waals surface area contributed by atoms with Gasteiger partial charge in [-0.05, 0) is 31.4 Å². The van der Waals surface area contributed by atoms with E-state index >= 15 is 0 Å². The molecule has 2 fully saturated rings. The topological polar surface area (TPSA) is 87.8 Å². The summed E-state index contributed by atoms with van der Waals surface area (Å²) in [6, 6.07) is 2.09. The predicted molar refractivity (Wildman–Crippen MR) is 134 cm³/mol. The fraction of sp³-hybridized carbons (Fsp3) is 0.565. The number of rotatable bonds is 9. The van der Waals surface area contributed by atoms with Gasteiger partial charge in [-0.1, -0.05) is 37.3 Å². The van der Waals surface area contributed by atoms with Crippen LogP contribution < -0.4 is 10.5 Å². The van der Waals surface area contributed by atoms with Gasteiger partial charge in [0.2, 0.25) is 0 Å². The van der Waals surface area contributed by atoms with Crippen molar-refractivity contribution in [3.05, 3.63) is 31.9 Å². The van der Waals surface area contributed by atoms with Crippen molar-refractivity contribution in [3.63, 3.8) is 0 Å². The van der Waals surface area contributed by atoms with Gasteiger partial charge in [0.25, 0.3) is 11.5 Å². The van der Waals surface area contributed by atoms with E-state index in [4.69, 9.17) is 21.7 Å². The van der Waals surface area contributed by atoms with Crippen LogP contribution in [0, 0.1) is 18.3 Å². The maximum Gasteiger partial charge on any atom is 0.270 e. The molecule has 2 aliphatic heterocycles. The lowest BCUT2D eigenvalue weighted by molar-refractivity contribution is -0.122. The summed E-state index contributed by atoms with van der Waals surface area (Å²) in [4.78, 5) is 30.6. The summed E-state index contributed by atoms with van der Waals surface area (Å²) in [5, 5.41) is 9.76. The summed E-state index contributed by atoms with van der Waals surface area (Å²) >= 11 is 6.71. The van der Waals surface area contributed by atoms with Gasteiger partial charge in [-0.2, -0.15) is 5.26 Å². The number of unbranched alkanes of at least 4 members (excludes halogenated alkanes) is 1. The molecular weight excluding hydrogens is 460 g/mol. The van der Waals surface area contributed by atoms with E-state index < -0.39 is 0 Å². The number of carbonyl (C=O) groups excluding carboxylic acids is 1. The van der Waals surface area contributed by atoms with Crippen LogP contribution in [0.25, 0.3) is 6.08 Å². The van der Waals surface area contributed by atoms with E-state index in [-0.39, 0.29) is 17.0 Å². The van der Waals surface area contributed by atoms with Crippen molar-refractivity contribution in [2.24, 2.45) is 0 Å². The maximum atomic E-state index is 13.2. The number of carbonyl (C=O) groups is 1. The Bertz CT molecular complexity index is 1040. The first-order valence-electron chi connectivity index (χ1n) is 11.2. The number of thioether (sulfide) groups is 1. The van der Waals surface area contributed by atoms with Crippen molar-refractivity contribution < 1.29 is 14.3 Å². The molecule has 3 heterocycles. The second-order valence-corrected chi connectivity index (χ2v) is 9.61. The molecule has 0 aromatic carbocycles. The highest BCUT2D eigenvalue weighted by Gasteiger charge is 2.33. The van der Waals surface area contributed by atoms with Crippen molar-refractivity contribution in [1.82, 2.24) is 9.47 Å². The highest BCUT2D eigenvalue weighted by Crippen LogP contribution is 2.36. The lowest BCUT2D eigenvalue weighted by Crippen LogP contribution is -2.41. The summed E-state index contributed by atoms with van der Waals surface area (Å²) in [6.45, 7) is 7.77. The average molecular weight is 491 g/mol. The van der Waals surface area contributed by atoms with Crippen LogP contribution in [0.15, 0.2) is 9.70 Å². The van der Waals surface area contributed by atoms with Gasteiger partial charge in [0.05, 0.1) is 18.1 Å². The molecule has 33 heavy (non-hydrogen) atoms. The third-order valence-electron chi connectivity index (χ3n) is 5.77. The third-order valence-corrected chi connectivity index (χ3v) is 7.15. The summed E-state index contributed by atoms with van der Waals surface area (Å²) in [6.07, 6.45) is 4.22. The Hall–Kier alpha value is -2.19. The Labute approximate surface area is 204 Å². The Morgan fingerprint density at radius 3 is 2.61 bits per heavy atom. The van der Waals surface area contributed by atoms with Crippen LogP contribution in [0.2, 0.25) is 0 Å². The van der Waals surface area contributed by atoms with Gasteiger partial charge in [0, 0.05) is 45.5 Å². The number of anilines is 1. The Balaban J connectivity index is 2.13. The first-order valence-corrected chi connectivity index (χ1v) is 12.4. The molecule has 1 aromatic heterocycles. The van der Waals surface area contributed by atoms with Crippen molar-refractivity contribution in [2.75, 3.05) is 51.5 Å². The second kappa shape index (κ2) is 11.8. The molecule has 0 N–H and O–H groups in total. The number of hydrogen-bond donors (Lipinski definition) is 0. The Kier molecular flexibility index (Phi) is 9.09. The SMILES string of the molecule is CCCCn1c(N2CCOCC2)c(/C=C2/SC(=S)N(CCCOC)C2=O)c(C)c(C#N)c1=O. The fourth-order valence-corrected chi connectivity index (χ4v) is 5.26.